The molecule has 2 fully saturated rings. The average Bonchev–Trinajstić information content (AvgIpc) is 2.94. The predicted molar refractivity (Wildman–Crippen MR) is 92.6 cm³/mol. The minimum absolute atomic E-state index is 0.779. The minimum Gasteiger partial charge on any atom is -0.314 e. The normalized spacial score (nSPS) is 34.7. The highest BCUT2D eigenvalue weighted by molar-refractivity contribution is 4.90. The van der Waals surface area contributed by atoms with Gasteiger partial charge in [-0.2, -0.15) is 0 Å². The highest BCUT2D eigenvalue weighted by Gasteiger charge is 2.34. The van der Waals surface area contributed by atoms with Crippen molar-refractivity contribution in [1.82, 2.24) is 10.2 Å². The fraction of sp³-hybridized carbons (Fsp3) is 1.00. The lowest BCUT2D eigenvalue weighted by atomic mass is 9.76. The Labute approximate surface area is 133 Å². The van der Waals surface area contributed by atoms with Crippen molar-refractivity contribution in [2.24, 2.45) is 17.8 Å². The van der Waals surface area contributed by atoms with E-state index in [-0.39, 0.29) is 0 Å². The maximum atomic E-state index is 3.86. The second kappa shape index (κ2) is 8.53. The minimum atomic E-state index is 0.779. The van der Waals surface area contributed by atoms with Gasteiger partial charge in [0.15, 0.2) is 0 Å². The lowest BCUT2D eigenvalue weighted by Crippen LogP contribution is -2.47. The average molecular weight is 295 g/mol. The van der Waals surface area contributed by atoms with E-state index in [4.69, 9.17) is 0 Å². The summed E-state index contributed by atoms with van der Waals surface area (Å²) < 4.78 is 0. The van der Waals surface area contributed by atoms with E-state index in [9.17, 15) is 0 Å². The van der Waals surface area contributed by atoms with E-state index in [2.05, 4.69) is 37.9 Å². The third kappa shape index (κ3) is 4.69. The molecule has 2 aliphatic rings. The summed E-state index contributed by atoms with van der Waals surface area (Å²) in [7, 11) is 0. The zero-order valence-corrected chi connectivity index (χ0v) is 14.9. The Bertz CT molecular complexity index is 289. The molecule has 0 aromatic rings. The zero-order valence-electron chi connectivity index (χ0n) is 14.9. The van der Waals surface area contributed by atoms with Gasteiger partial charge in [-0.3, -0.25) is 4.90 Å². The Morgan fingerprint density at radius 1 is 1.14 bits per heavy atom. The van der Waals surface area contributed by atoms with E-state index in [1.54, 1.807) is 0 Å². The third-order valence-corrected chi connectivity index (χ3v) is 5.98. The van der Waals surface area contributed by atoms with E-state index < -0.39 is 0 Å². The summed E-state index contributed by atoms with van der Waals surface area (Å²) in [6.07, 6.45) is 9.79. The lowest BCUT2D eigenvalue weighted by Gasteiger charge is -2.40. The monoisotopic (exact) mass is 294 g/mol. The number of rotatable bonds is 7. The molecule has 0 amide bonds. The first kappa shape index (κ1) is 17.3. The lowest BCUT2D eigenvalue weighted by molar-refractivity contribution is 0.116. The molecule has 0 bridgehead atoms. The van der Waals surface area contributed by atoms with Gasteiger partial charge < -0.3 is 5.32 Å². The number of nitrogens with zero attached hydrogens (tertiary/aromatic N) is 1. The SMILES string of the molecule is CCCNC1CCC(CC)CC1CN1CCCC1C(C)C. The summed E-state index contributed by atoms with van der Waals surface area (Å²) in [5.41, 5.74) is 0. The molecule has 2 nitrogen and oxygen atoms in total. The molecule has 0 radical (unpaired) electrons. The molecular formula is C19H38N2. The Balaban J connectivity index is 1.94. The van der Waals surface area contributed by atoms with Crippen molar-refractivity contribution in [3.63, 3.8) is 0 Å². The molecule has 0 aromatic heterocycles. The van der Waals surface area contributed by atoms with Gasteiger partial charge in [-0.05, 0) is 69.4 Å². The van der Waals surface area contributed by atoms with Crippen LogP contribution in [0.1, 0.15) is 72.6 Å². The first-order valence-electron chi connectivity index (χ1n) is 9.63. The molecule has 1 heterocycles. The molecular weight excluding hydrogens is 256 g/mol. The molecule has 1 aliphatic carbocycles. The van der Waals surface area contributed by atoms with Crippen LogP contribution in [0.5, 0.6) is 0 Å². The van der Waals surface area contributed by atoms with Crippen LogP contribution < -0.4 is 5.32 Å². The van der Waals surface area contributed by atoms with Gasteiger partial charge in [0.05, 0.1) is 0 Å². The molecule has 2 heteroatoms. The standard InChI is InChI=1S/C19H38N2/c1-5-11-20-18-10-9-16(6-2)13-17(18)14-21-12-7-8-19(21)15(3)4/h15-20H,5-14H2,1-4H3. The molecule has 124 valence electrons. The molecule has 1 aliphatic heterocycles. The highest BCUT2D eigenvalue weighted by Crippen LogP contribution is 2.34. The predicted octanol–water partition coefficient (Wildman–Crippen LogP) is 4.30. The fourth-order valence-electron chi connectivity index (χ4n) is 4.67. The van der Waals surface area contributed by atoms with Crippen LogP contribution in [0.3, 0.4) is 0 Å². The van der Waals surface area contributed by atoms with Crippen LogP contribution in [0, 0.1) is 17.8 Å². The number of hydrogen-bond donors (Lipinski definition) is 1. The molecule has 1 saturated heterocycles. The summed E-state index contributed by atoms with van der Waals surface area (Å²) in [5, 5.41) is 3.86. The van der Waals surface area contributed by atoms with E-state index >= 15 is 0 Å². The van der Waals surface area contributed by atoms with Gasteiger partial charge in [0, 0.05) is 18.6 Å². The molecule has 0 spiro atoms. The molecule has 2 rings (SSSR count). The quantitative estimate of drug-likeness (QED) is 0.753. The van der Waals surface area contributed by atoms with Crippen molar-refractivity contribution < 1.29 is 0 Å². The molecule has 21 heavy (non-hydrogen) atoms. The molecule has 4 atom stereocenters. The third-order valence-electron chi connectivity index (χ3n) is 5.98. The van der Waals surface area contributed by atoms with Crippen LogP contribution in [0.25, 0.3) is 0 Å². The van der Waals surface area contributed by atoms with Crippen molar-refractivity contribution in [2.75, 3.05) is 19.6 Å². The second-order valence-corrected chi connectivity index (χ2v) is 7.86. The van der Waals surface area contributed by atoms with Gasteiger partial charge in [0.25, 0.3) is 0 Å². The van der Waals surface area contributed by atoms with Gasteiger partial charge in [-0.25, -0.2) is 0 Å². The Hall–Kier alpha value is -0.0800. The van der Waals surface area contributed by atoms with Gasteiger partial charge in [0.1, 0.15) is 0 Å². The molecule has 0 aromatic carbocycles. The summed E-state index contributed by atoms with van der Waals surface area (Å²) in [4.78, 5) is 2.83. The van der Waals surface area contributed by atoms with Crippen LogP contribution >= 0.6 is 0 Å². The van der Waals surface area contributed by atoms with E-state index in [1.165, 1.54) is 64.6 Å². The Morgan fingerprint density at radius 2 is 1.95 bits per heavy atom. The Kier molecular flexibility index (Phi) is 7.01. The van der Waals surface area contributed by atoms with Crippen LogP contribution in [-0.2, 0) is 0 Å². The maximum absolute atomic E-state index is 3.86. The van der Waals surface area contributed by atoms with Crippen LogP contribution in [0.15, 0.2) is 0 Å². The van der Waals surface area contributed by atoms with E-state index in [0.717, 1.165) is 29.8 Å². The Morgan fingerprint density at radius 3 is 2.62 bits per heavy atom. The van der Waals surface area contributed by atoms with Crippen LogP contribution in [0.4, 0.5) is 0 Å². The van der Waals surface area contributed by atoms with Crippen molar-refractivity contribution >= 4 is 0 Å². The van der Waals surface area contributed by atoms with Crippen molar-refractivity contribution in [3.8, 4) is 0 Å². The van der Waals surface area contributed by atoms with Crippen molar-refractivity contribution in [1.29, 1.82) is 0 Å². The number of likely N-dealkylation sites (tertiary alicyclic amines) is 1. The van der Waals surface area contributed by atoms with E-state index in [1.807, 2.05) is 0 Å². The zero-order chi connectivity index (χ0) is 15.2. The first-order valence-corrected chi connectivity index (χ1v) is 9.63. The van der Waals surface area contributed by atoms with Gasteiger partial charge in [-0.15, -0.1) is 0 Å². The summed E-state index contributed by atoms with van der Waals surface area (Å²) in [6, 6.07) is 1.62. The number of nitrogens with one attached hydrogen (secondary N) is 1. The summed E-state index contributed by atoms with van der Waals surface area (Å²) in [5.74, 6) is 2.68. The summed E-state index contributed by atoms with van der Waals surface area (Å²) >= 11 is 0. The highest BCUT2D eigenvalue weighted by atomic mass is 15.2. The number of hydrogen-bond acceptors (Lipinski definition) is 2. The van der Waals surface area contributed by atoms with Crippen LogP contribution in [-0.4, -0.2) is 36.6 Å². The maximum Gasteiger partial charge on any atom is 0.0119 e. The van der Waals surface area contributed by atoms with Gasteiger partial charge >= 0.3 is 0 Å². The first-order chi connectivity index (χ1) is 10.2. The van der Waals surface area contributed by atoms with Crippen molar-refractivity contribution in [2.45, 2.75) is 84.7 Å². The molecule has 1 N–H and O–H groups in total. The second-order valence-electron chi connectivity index (χ2n) is 7.86. The summed E-state index contributed by atoms with van der Waals surface area (Å²) in [6.45, 7) is 13.4. The molecule has 4 unspecified atom stereocenters. The van der Waals surface area contributed by atoms with E-state index in [0.29, 0.717) is 0 Å². The topological polar surface area (TPSA) is 15.3 Å². The largest absolute Gasteiger partial charge is 0.314 e. The van der Waals surface area contributed by atoms with Crippen LogP contribution in [0.2, 0.25) is 0 Å². The van der Waals surface area contributed by atoms with Gasteiger partial charge in [0.2, 0.25) is 0 Å². The molecule has 1 saturated carbocycles. The fourth-order valence-corrected chi connectivity index (χ4v) is 4.67. The smallest absolute Gasteiger partial charge is 0.0119 e. The van der Waals surface area contributed by atoms with Crippen molar-refractivity contribution in [3.05, 3.63) is 0 Å². The van der Waals surface area contributed by atoms with Gasteiger partial charge in [-0.1, -0.05) is 34.1 Å².